The molecule has 0 aliphatic heterocycles. The van der Waals surface area contributed by atoms with Crippen molar-refractivity contribution in [3.8, 4) is 0 Å². The van der Waals surface area contributed by atoms with Crippen molar-refractivity contribution in [2.45, 2.75) is 19.8 Å². The van der Waals surface area contributed by atoms with Crippen molar-refractivity contribution in [2.24, 2.45) is 0 Å². The summed E-state index contributed by atoms with van der Waals surface area (Å²) in [6.45, 7) is 4.33. The third-order valence-corrected chi connectivity index (χ3v) is 2.87. The lowest BCUT2D eigenvalue weighted by molar-refractivity contribution is 0.867. The van der Waals surface area contributed by atoms with Crippen molar-refractivity contribution in [1.29, 1.82) is 0 Å². The average Bonchev–Trinajstić information content (AvgIpc) is 2.38. The number of anilines is 4. The molecule has 1 aromatic heterocycles. The number of nitrogen functional groups attached to an aromatic ring is 1. The predicted octanol–water partition coefficient (Wildman–Crippen LogP) is 2.39. The predicted molar refractivity (Wildman–Crippen MR) is 82.4 cm³/mol. The Kier molecular flexibility index (Phi) is 4.02. The molecule has 0 aliphatic carbocycles. The van der Waals surface area contributed by atoms with Crippen LogP contribution in [0, 0.1) is 0 Å². The topological polar surface area (TPSA) is 80.0 Å². The second kappa shape index (κ2) is 5.73. The maximum absolute atomic E-state index is 5.69. The average molecular weight is 272 g/mol. The van der Waals surface area contributed by atoms with Crippen LogP contribution < -0.4 is 16.0 Å². The minimum atomic E-state index is 0.199. The zero-order valence-electron chi connectivity index (χ0n) is 12.3. The maximum Gasteiger partial charge on any atom is 0.233 e. The van der Waals surface area contributed by atoms with Gasteiger partial charge in [-0.2, -0.15) is 15.0 Å². The molecule has 0 bridgehead atoms. The molecule has 0 saturated carbocycles. The van der Waals surface area contributed by atoms with Crippen LogP contribution in [0.15, 0.2) is 24.3 Å². The summed E-state index contributed by atoms with van der Waals surface area (Å²) >= 11 is 0. The van der Waals surface area contributed by atoms with Crippen LogP contribution in [0.4, 0.5) is 23.5 Å². The number of rotatable bonds is 4. The summed E-state index contributed by atoms with van der Waals surface area (Å²) < 4.78 is 0. The molecule has 3 N–H and O–H groups in total. The summed E-state index contributed by atoms with van der Waals surface area (Å²) in [6.07, 6.45) is 0. The molecule has 20 heavy (non-hydrogen) atoms. The number of hydrogen-bond donors (Lipinski definition) is 2. The van der Waals surface area contributed by atoms with Crippen molar-refractivity contribution in [1.82, 2.24) is 15.0 Å². The first-order chi connectivity index (χ1) is 9.45. The van der Waals surface area contributed by atoms with Crippen LogP contribution >= 0.6 is 0 Å². The van der Waals surface area contributed by atoms with Crippen LogP contribution in [0.2, 0.25) is 0 Å². The summed E-state index contributed by atoms with van der Waals surface area (Å²) in [4.78, 5) is 14.2. The molecule has 2 aromatic rings. The van der Waals surface area contributed by atoms with Gasteiger partial charge in [0.25, 0.3) is 0 Å². The van der Waals surface area contributed by atoms with Crippen molar-refractivity contribution in [3.63, 3.8) is 0 Å². The summed E-state index contributed by atoms with van der Waals surface area (Å²) in [5.74, 6) is 1.68. The summed E-state index contributed by atoms with van der Waals surface area (Å²) in [6, 6.07) is 8.18. The van der Waals surface area contributed by atoms with Crippen LogP contribution in [0.1, 0.15) is 25.3 Å². The smallest absolute Gasteiger partial charge is 0.233 e. The summed E-state index contributed by atoms with van der Waals surface area (Å²) in [5, 5.41) is 3.14. The number of benzene rings is 1. The normalized spacial score (nSPS) is 10.7. The van der Waals surface area contributed by atoms with E-state index in [4.69, 9.17) is 5.73 Å². The monoisotopic (exact) mass is 272 g/mol. The van der Waals surface area contributed by atoms with Gasteiger partial charge in [0.1, 0.15) is 0 Å². The lowest BCUT2D eigenvalue weighted by atomic mass is 10.0. The van der Waals surface area contributed by atoms with Gasteiger partial charge in [0.05, 0.1) is 0 Å². The molecule has 0 atom stereocenters. The van der Waals surface area contributed by atoms with Gasteiger partial charge in [-0.1, -0.05) is 26.0 Å². The third-order valence-electron chi connectivity index (χ3n) is 2.87. The van der Waals surface area contributed by atoms with Gasteiger partial charge >= 0.3 is 0 Å². The molecule has 6 heteroatoms. The summed E-state index contributed by atoms with van der Waals surface area (Å²) in [5.41, 5.74) is 7.90. The van der Waals surface area contributed by atoms with Crippen LogP contribution in [-0.2, 0) is 0 Å². The van der Waals surface area contributed by atoms with E-state index in [0.29, 0.717) is 17.8 Å². The molecule has 2 rings (SSSR count). The Morgan fingerprint density at radius 1 is 1.05 bits per heavy atom. The SMILES string of the molecule is CC(C)c1ccc(Nc2nc(N)nc(N(C)C)n2)cc1. The minimum absolute atomic E-state index is 0.199. The fourth-order valence-corrected chi connectivity index (χ4v) is 1.72. The molecular formula is C14H20N6. The van der Waals surface area contributed by atoms with Crippen molar-refractivity contribution < 1.29 is 0 Å². The van der Waals surface area contributed by atoms with Gasteiger partial charge in [-0.3, -0.25) is 0 Å². The Labute approximate surface area is 119 Å². The lowest BCUT2D eigenvalue weighted by Gasteiger charge is -2.12. The van der Waals surface area contributed by atoms with Gasteiger partial charge in [-0.15, -0.1) is 0 Å². The zero-order chi connectivity index (χ0) is 14.7. The lowest BCUT2D eigenvalue weighted by Crippen LogP contribution is -2.15. The highest BCUT2D eigenvalue weighted by Crippen LogP contribution is 2.20. The van der Waals surface area contributed by atoms with Crippen LogP contribution in [-0.4, -0.2) is 29.0 Å². The first-order valence-electron chi connectivity index (χ1n) is 6.51. The number of hydrogen-bond acceptors (Lipinski definition) is 6. The van der Waals surface area contributed by atoms with Gasteiger partial charge in [0.2, 0.25) is 17.8 Å². The van der Waals surface area contributed by atoms with Crippen molar-refractivity contribution in [3.05, 3.63) is 29.8 Å². The number of nitrogens with zero attached hydrogens (tertiary/aromatic N) is 4. The summed E-state index contributed by atoms with van der Waals surface area (Å²) in [7, 11) is 3.71. The van der Waals surface area contributed by atoms with Gasteiger partial charge in [-0.25, -0.2) is 0 Å². The largest absolute Gasteiger partial charge is 0.368 e. The number of nitrogens with two attached hydrogens (primary N) is 1. The van der Waals surface area contributed by atoms with Crippen LogP contribution in [0.3, 0.4) is 0 Å². The van der Waals surface area contributed by atoms with E-state index < -0.39 is 0 Å². The maximum atomic E-state index is 5.69. The van der Waals surface area contributed by atoms with E-state index in [0.717, 1.165) is 5.69 Å². The molecule has 0 spiro atoms. The zero-order valence-corrected chi connectivity index (χ0v) is 12.3. The van der Waals surface area contributed by atoms with Gasteiger partial charge in [0.15, 0.2) is 0 Å². The van der Waals surface area contributed by atoms with E-state index in [1.165, 1.54) is 5.56 Å². The Morgan fingerprint density at radius 3 is 2.25 bits per heavy atom. The van der Waals surface area contributed by atoms with Crippen molar-refractivity contribution in [2.75, 3.05) is 30.0 Å². The number of aromatic nitrogens is 3. The van der Waals surface area contributed by atoms with Gasteiger partial charge < -0.3 is 16.0 Å². The highest BCUT2D eigenvalue weighted by atomic mass is 15.3. The molecule has 0 amide bonds. The molecule has 1 aromatic carbocycles. The van der Waals surface area contributed by atoms with Crippen LogP contribution in [0.5, 0.6) is 0 Å². The van der Waals surface area contributed by atoms with Crippen LogP contribution in [0.25, 0.3) is 0 Å². The van der Waals surface area contributed by atoms with E-state index in [2.05, 4.69) is 46.2 Å². The second-order valence-electron chi connectivity index (χ2n) is 5.11. The standard InChI is InChI=1S/C14H20N6/c1-9(2)10-5-7-11(8-6-10)16-13-17-12(15)18-14(19-13)20(3)4/h5-9H,1-4H3,(H3,15,16,17,18,19). The Balaban J connectivity index is 2.21. The Morgan fingerprint density at radius 2 is 1.70 bits per heavy atom. The Bertz CT molecular complexity index is 577. The van der Waals surface area contributed by atoms with Gasteiger partial charge in [-0.05, 0) is 23.6 Å². The second-order valence-corrected chi connectivity index (χ2v) is 5.11. The molecule has 1 heterocycles. The molecule has 6 nitrogen and oxygen atoms in total. The van der Waals surface area contributed by atoms with E-state index in [1.807, 2.05) is 26.2 Å². The molecule has 106 valence electrons. The highest BCUT2D eigenvalue weighted by Gasteiger charge is 2.06. The minimum Gasteiger partial charge on any atom is -0.368 e. The first-order valence-corrected chi connectivity index (χ1v) is 6.51. The fraction of sp³-hybridized carbons (Fsp3) is 0.357. The van der Waals surface area contributed by atoms with E-state index in [1.54, 1.807) is 4.90 Å². The molecule has 0 unspecified atom stereocenters. The molecule has 0 saturated heterocycles. The first kappa shape index (κ1) is 14.0. The highest BCUT2D eigenvalue weighted by molar-refractivity contribution is 5.55. The quantitative estimate of drug-likeness (QED) is 0.889. The fourth-order valence-electron chi connectivity index (χ4n) is 1.72. The third kappa shape index (κ3) is 3.34. The van der Waals surface area contributed by atoms with E-state index in [9.17, 15) is 0 Å². The molecule has 0 radical (unpaired) electrons. The van der Waals surface area contributed by atoms with Crippen molar-refractivity contribution >= 4 is 23.5 Å². The van der Waals surface area contributed by atoms with Gasteiger partial charge in [0, 0.05) is 19.8 Å². The van der Waals surface area contributed by atoms with E-state index >= 15 is 0 Å². The molecule has 0 fully saturated rings. The van der Waals surface area contributed by atoms with E-state index in [-0.39, 0.29) is 5.95 Å². The molecular weight excluding hydrogens is 252 g/mol. The molecule has 0 aliphatic rings. The Hall–Kier alpha value is -2.37. The number of nitrogens with one attached hydrogen (secondary N) is 1.